The van der Waals surface area contributed by atoms with Crippen LogP contribution in [0.25, 0.3) is 0 Å². The minimum Gasteiger partial charge on any atom is -0.487 e. The Bertz CT molecular complexity index is 1380. The Balaban J connectivity index is 1.14. The van der Waals surface area contributed by atoms with Crippen LogP contribution in [-0.2, 0) is 0 Å². The molecule has 0 bridgehead atoms. The molecule has 4 fully saturated rings. The number of carbonyl (C=O) groups excluding carboxylic acids is 1. The van der Waals surface area contributed by atoms with Gasteiger partial charge in [-0.15, -0.1) is 0 Å². The lowest BCUT2D eigenvalue weighted by Gasteiger charge is -2.61. The monoisotopic (exact) mass is 628 g/mol. The van der Waals surface area contributed by atoms with Gasteiger partial charge >= 0.3 is 0 Å². The molecule has 5 heteroatoms. The van der Waals surface area contributed by atoms with Crippen LogP contribution < -0.4 is 16.2 Å². The van der Waals surface area contributed by atoms with Gasteiger partial charge in [-0.3, -0.25) is 4.79 Å². The van der Waals surface area contributed by atoms with Gasteiger partial charge in [0.05, 0.1) is 17.4 Å². The number of rotatable bonds is 10. The smallest absolute Gasteiger partial charge is 0.199 e. The van der Waals surface area contributed by atoms with Gasteiger partial charge in [0, 0.05) is 5.69 Å². The molecule has 46 heavy (non-hydrogen) atoms. The second-order valence-electron chi connectivity index (χ2n) is 16.9. The number of Topliss-reactive ketones (excluding diaryl/α,β-unsaturated/α-hetero) is 1. The molecule has 0 amide bonds. The Hall–Kier alpha value is -2.53. The summed E-state index contributed by atoms with van der Waals surface area (Å²) in [5.74, 6) is 5.66. The summed E-state index contributed by atoms with van der Waals surface area (Å²) in [6.45, 7) is 12.6. The predicted molar refractivity (Wildman–Crippen MR) is 188 cm³/mol. The first kappa shape index (κ1) is 33.4. The quantitative estimate of drug-likeness (QED) is 0.180. The standard InChI is InChI=1S/C41H60N2O3/c1-25(2)10-9-11-26(3)33-16-17-34-31-15-14-28-22-30(18-20-40(28,4)35(31)19-21-41(33,34)5)46-39-32(23-29(42)24-36(39)43)38(45)37(44)27-12-7-6-8-13-27/h6-8,12-13,23-26,28,30-31,33-35,37,44H,9-11,14-22,42-43H2,1-5H3/t26-,28?,30?,31+,33-,34+,35+,37?,40+,41-/m1/s1. The summed E-state index contributed by atoms with van der Waals surface area (Å²) in [7, 11) is 0. The van der Waals surface area contributed by atoms with Crippen LogP contribution in [0.5, 0.6) is 5.75 Å². The zero-order valence-electron chi connectivity index (χ0n) is 29.1. The first-order valence-corrected chi connectivity index (χ1v) is 18.5. The number of benzene rings is 2. The maximum Gasteiger partial charge on any atom is 0.199 e. The molecule has 6 rings (SSSR count). The van der Waals surface area contributed by atoms with E-state index in [4.69, 9.17) is 16.2 Å². The van der Waals surface area contributed by atoms with Crippen LogP contribution in [-0.4, -0.2) is 17.0 Å². The van der Waals surface area contributed by atoms with Crippen molar-refractivity contribution in [3.05, 3.63) is 53.6 Å². The van der Waals surface area contributed by atoms with Gasteiger partial charge in [-0.2, -0.15) is 0 Å². The Kier molecular flexibility index (Phi) is 9.56. The third-order valence-corrected chi connectivity index (χ3v) is 13.9. The minimum atomic E-state index is -1.30. The fourth-order valence-electron chi connectivity index (χ4n) is 11.4. The van der Waals surface area contributed by atoms with E-state index in [1.807, 2.05) is 18.2 Å². The topological polar surface area (TPSA) is 98.6 Å². The highest BCUT2D eigenvalue weighted by Crippen LogP contribution is 2.68. The van der Waals surface area contributed by atoms with Gasteiger partial charge in [-0.05, 0) is 128 Å². The minimum absolute atomic E-state index is 0.00243. The number of carbonyl (C=O) groups is 1. The van der Waals surface area contributed by atoms with E-state index in [0.29, 0.717) is 39.4 Å². The van der Waals surface area contributed by atoms with Crippen LogP contribution in [0.2, 0.25) is 0 Å². The molecule has 0 saturated heterocycles. The van der Waals surface area contributed by atoms with Crippen molar-refractivity contribution < 1.29 is 14.6 Å². The number of ketones is 1. The van der Waals surface area contributed by atoms with Crippen LogP contribution >= 0.6 is 0 Å². The summed E-state index contributed by atoms with van der Waals surface area (Å²) in [5, 5.41) is 11.0. The molecule has 5 N–H and O–H groups in total. The van der Waals surface area contributed by atoms with Crippen molar-refractivity contribution in [1.29, 1.82) is 0 Å². The summed E-state index contributed by atoms with van der Waals surface area (Å²) in [6.07, 6.45) is 14.2. The van der Waals surface area contributed by atoms with Gasteiger partial charge < -0.3 is 21.3 Å². The highest BCUT2D eigenvalue weighted by molar-refractivity contribution is 6.04. The molecule has 5 nitrogen and oxygen atoms in total. The summed E-state index contributed by atoms with van der Waals surface area (Å²) < 4.78 is 6.67. The third kappa shape index (κ3) is 6.11. The largest absolute Gasteiger partial charge is 0.487 e. The molecule has 10 atom stereocenters. The van der Waals surface area contributed by atoms with E-state index in [0.717, 1.165) is 54.8 Å². The van der Waals surface area contributed by atoms with Gasteiger partial charge in [0.25, 0.3) is 0 Å². The Morgan fingerprint density at radius 2 is 1.63 bits per heavy atom. The van der Waals surface area contributed by atoms with Crippen molar-refractivity contribution in [3.63, 3.8) is 0 Å². The molecule has 3 unspecified atom stereocenters. The molecule has 0 radical (unpaired) electrons. The van der Waals surface area contributed by atoms with Gasteiger partial charge in [-0.1, -0.05) is 84.2 Å². The van der Waals surface area contributed by atoms with Gasteiger partial charge in [0.15, 0.2) is 11.5 Å². The summed E-state index contributed by atoms with van der Waals surface area (Å²) >= 11 is 0. The number of nitrogens with two attached hydrogens (primary N) is 2. The second-order valence-corrected chi connectivity index (χ2v) is 16.9. The van der Waals surface area contributed by atoms with E-state index < -0.39 is 11.9 Å². The molecule has 4 aliphatic rings. The fourth-order valence-corrected chi connectivity index (χ4v) is 11.4. The van der Waals surface area contributed by atoms with Crippen LogP contribution in [0.1, 0.15) is 134 Å². The van der Waals surface area contributed by atoms with Crippen molar-refractivity contribution in [1.82, 2.24) is 0 Å². The SMILES string of the molecule is CC(C)CCC[C@@H](C)[C@H]1CC[C@H]2[C@@H]3CCC4CC(Oc5c(N)cc(N)cc5C(=O)C(O)c5ccccc5)CC[C@]4(C)[C@H]3CC[C@]12C. The van der Waals surface area contributed by atoms with Gasteiger partial charge in [-0.25, -0.2) is 0 Å². The molecule has 0 spiro atoms. The second kappa shape index (κ2) is 13.2. The Labute approximate surface area is 278 Å². The van der Waals surface area contributed by atoms with Crippen LogP contribution in [0.4, 0.5) is 11.4 Å². The zero-order chi connectivity index (χ0) is 32.8. The molecule has 2 aromatic rings. The molecular formula is C41H60N2O3. The number of aliphatic hydroxyl groups excluding tert-OH is 1. The van der Waals surface area contributed by atoms with E-state index in [-0.39, 0.29) is 11.7 Å². The molecule has 0 aliphatic heterocycles. The van der Waals surface area contributed by atoms with E-state index in [9.17, 15) is 9.90 Å². The normalized spacial score (nSPS) is 35.1. The molecule has 0 aromatic heterocycles. The van der Waals surface area contributed by atoms with Crippen molar-refractivity contribution in [2.24, 2.45) is 52.3 Å². The number of anilines is 2. The lowest BCUT2D eigenvalue weighted by Crippen LogP contribution is -2.54. The maximum absolute atomic E-state index is 13.6. The Morgan fingerprint density at radius 3 is 2.37 bits per heavy atom. The van der Waals surface area contributed by atoms with Crippen LogP contribution in [0, 0.1) is 52.3 Å². The fraction of sp³-hybridized carbons (Fsp3) is 0.683. The average molecular weight is 629 g/mol. The summed E-state index contributed by atoms with van der Waals surface area (Å²) in [4.78, 5) is 13.6. The molecule has 4 aliphatic carbocycles. The lowest BCUT2D eigenvalue weighted by molar-refractivity contribution is -0.126. The van der Waals surface area contributed by atoms with Crippen molar-refractivity contribution in [2.75, 3.05) is 11.5 Å². The summed E-state index contributed by atoms with van der Waals surface area (Å²) in [5.41, 5.74) is 15.0. The van der Waals surface area contributed by atoms with E-state index in [1.54, 1.807) is 24.3 Å². The molecule has 0 heterocycles. The zero-order valence-corrected chi connectivity index (χ0v) is 29.1. The third-order valence-electron chi connectivity index (χ3n) is 13.9. The number of fused-ring (bicyclic) bond motifs is 5. The Morgan fingerprint density at radius 1 is 0.913 bits per heavy atom. The summed E-state index contributed by atoms with van der Waals surface area (Å²) in [6, 6.07) is 12.3. The first-order valence-electron chi connectivity index (χ1n) is 18.5. The average Bonchev–Trinajstić information content (AvgIpc) is 3.39. The number of hydrogen-bond acceptors (Lipinski definition) is 5. The predicted octanol–water partition coefficient (Wildman–Crippen LogP) is 9.64. The van der Waals surface area contributed by atoms with Gasteiger partial charge in [0.2, 0.25) is 0 Å². The van der Waals surface area contributed by atoms with Crippen LogP contribution in [0.15, 0.2) is 42.5 Å². The van der Waals surface area contributed by atoms with Crippen molar-refractivity contribution in [2.45, 2.75) is 124 Å². The number of ether oxygens (including phenoxy) is 1. The highest BCUT2D eigenvalue weighted by Gasteiger charge is 2.60. The van der Waals surface area contributed by atoms with E-state index in [2.05, 4.69) is 34.6 Å². The molecule has 4 saturated carbocycles. The molecule has 2 aromatic carbocycles. The number of aliphatic hydroxyl groups is 1. The van der Waals surface area contributed by atoms with Crippen molar-refractivity contribution in [3.8, 4) is 5.75 Å². The first-order chi connectivity index (χ1) is 21.9. The van der Waals surface area contributed by atoms with Crippen molar-refractivity contribution >= 4 is 17.2 Å². The molecular weight excluding hydrogens is 568 g/mol. The van der Waals surface area contributed by atoms with E-state index in [1.165, 1.54) is 57.8 Å². The molecule has 252 valence electrons. The highest BCUT2D eigenvalue weighted by atomic mass is 16.5. The lowest BCUT2D eigenvalue weighted by atomic mass is 9.44. The maximum atomic E-state index is 13.6. The van der Waals surface area contributed by atoms with Crippen LogP contribution in [0.3, 0.4) is 0 Å². The van der Waals surface area contributed by atoms with E-state index >= 15 is 0 Å². The van der Waals surface area contributed by atoms with Gasteiger partial charge in [0.1, 0.15) is 6.10 Å². The number of hydrogen-bond donors (Lipinski definition) is 3. The number of nitrogen functional groups attached to an aromatic ring is 2.